The van der Waals surface area contributed by atoms with Crippen LogP contribution in [-0.2, 0) is 22.4 Å². The van der Waals surface area contributed by atoms with Crippen LogP contribution in [0.4, 0.5) is 0 Å². The zero-order valence-electron chi connectivity index (χ0n) is 11.6. The third-order valence-corrected chi connectivity index (χ3v) is 3.48. The molecule has 4 heteroatoms. The standard InChI is InChI=1S/C15H21NO3/c1-3-18-15(17)10-19-14-7-5-11-4-6-13(16-2)8-12(11)9-14/h5,7,9,13,16H,3-4,6,8,10H2,1-2H3/t13-/m0/s1. The lowest BCUT2D eigenvalue weighted by atomic mass is 9.88. The molecule has 0 unspecified atom stereocenters. The van der Waals surface area contributed by atoms with Gasteiger partial charge in [-0.2, -0.15) is 0 Å². The summed E-state index contributed by atoms with van der Waals surface area (Å²) in [5, 5.41) is 3.32. The highest BCUT2D eigenvalue weighted by Crippen LogP contribution is 2.25. The van der Waals surface area contributed by atoms with Crippen LogP contribution in [-0.4, -0.2) is 32.3 Å². The van der Waals surface area contributed by atoms with Gasteiger partial charge >= 0.3 is 5.97 Å². The molecule has 0 spiro atoms. The summed E-state index contributed by atoms with van der Waals surface area (Å²) < 4.78 is 10.3. The summed E-state index contributed by atoms with van der Waals surface area (Å²) in [6.07, 6.45) is 3.29. The third kappa shape index (κ3) is 3.70. The number of likely N-dealkylation sites (N-methyl/N-ethyl adjacent to an activating group) is 1. The van der Waals surface area contributed by atoms with E-state index in [4.69, 9.17) is 9.47 Å². The van der Waals surface area contributed by atoms with Crippen molar-refractivity contribution in [2.45, 2.75) is 32.2 Å². The average molecular weight is 263 g/mol. The van der Waals surface area contributed by atoms with Gasteiger partial charge in [0, 0.05) is 6.04 Å². The second-order valence-electron chi connectivity index (χ2n) is 4.75. The molecule has 2 rings (SSSR count). The number of hydrogen-bond acceptors (Lipinski definition) is 4. The van der Waals surface area contributed by atoms with E-state index >= 15 is 0 Å². The van der Waals surface area contributed by atoms with Gasteiger partial charge in [0.2, 0.25) is 0 Å². The van der Waals surface area contributed by atoms with Crippen LogP contribution < -0.4 is 10.1 Å². The van der Waals surface area contributed by atoms with Crippen molar-refractivity contribution in [2.75, 3.05) is 20.3 Å². The van der Waals surface area contributed by atoms with Gasteiger partial charge in [0.05, 0.1) is 6.61 Å². The van der Waals surface area contributed by atoms with E-state index in [0.29, 0.717) is 12.6 Å². The fraction of sp³-hybridized carbons (Fsp3) is 0.533. The first-order valence-corrected chi connectivity index (χ1v) is 6.80. The van der Waals surface area contributed by atoms with Gasteiger partial charge in [0.25, 0.3) is 0 Å². The molecule has 0 aliphatic heterocycles. The van der Waals surface area contributed by atoms with Crippen molar-refractivity contribution in [1.82, 2.24) is 5.32 Å². The van der Waals surface area contributed by atoms with Gasteiger partial charge in [-0.1, -0.05) is 6.07 Å². The minimum absolute atomic E-state index is 0.0257. The lowest BCUT2D eigenvalue weighted by molar-refractivity contribution is -0.145. The Labute approximate surface area is 114 Å². The molecule has 1 aliphatic carbocycles. The molecular weight excluding hydrogens is 242 g/mol. The molecule has 0 fully saturated rings. The van der Waals surface area contributed by atoms with Crippen LogP contribution in [0.2, 0.25) is 0 Å². The highest BCUT2D eigenvalue weighted by molar-refractivity contribution is 5.71. The first-order valence-electron chi connectivity index (χ1n) is 6.80. The molecule has 0 saturated heterocycles. The van der Waals surface area contributed by atoms with E-state index in [-0.39, 0.29) is 12.6 Å². The van der Waals surface area contributed by atoms with Gasteiger partial charge < -0.3 is 14.8 Å². The van der Waals surface area contributed by atoms with E-state index < -0.39 is 0 Å². The first-order chi connectivity index (χ1) is 9.22. The minimum atomic E-state index is -0.326. The zero-order chi connectivity index (χ0) is 13.7. The second kappa shape index (κ2) is 6.57. The number of rotatable bonds is 5. The summed E-state index contributed by atoms with van der Waals surface area (Å²) in [5.41, 5.74) is 2.70. The fourth-order valence-electron chi connectivity index (χ4n) is 2.41. The molecule has 19 heavy (non-hydrogen) atoms. The molecule has 1 atom stereocenters. The van der Waals surface area contributed by atoms with E-state index in [9.17, 15) is 4.79 Å². The van der Waals surface area contributed by atoms with E-state index in [0.717, 1.165) is 18.6 Å². The number of fused-ring (bicyclic) bond motifs is 1. The number of nitrogens with one attached hydrogen (secondary N) is 1. The monoisotopic (exact) mass is 263 g/mol. The Balaban J connectivity index is 1.98. The molecule has 0 saturated carbocycles. The first kappa shape index (κ1) is 13.9. The van der Waals surface area contributed by atoms with Gasteiger partial charge in [-0.3, -0.25) is 0 Å². The van der Waals surface area contributed by atoms with E-state index in [1.165, 1.54) is 17.5 Å². The Kier molecular flexibility index (Phi) is 4.80. The molecule has 1 aliphatic rings. The second-order valence-corrected chi connectivity index (χ2v) is 4.75. The van der Waals surface area contributed by atoms with Crippen molar-refractivity contribution >= 4 is 5.97 Å². The molecule has 0 amide bonds. The van der Waals surface area contributed by atoms with Crippen LogP contribution in [0.1, 0.15) is 24.5 Å². The van der Waals surface area contributed by atoms with Crippen LogP contribution in [0.5, 0.6) is 5.75 Å². The van der Waals surface area contributed by atoms with Gasteiger partial charge in [-0.25, -0.2) is 4.79 Å². The SMILES string of the molecule is CCOC(=O)COc1ccc2c(c1)C[C@@H](NC)CC2. The maximum atomic E-state index is 11.2. The molecule has 1 aromatic carbocycles. The van der Waals surface area contributed by atoms with Crippen molar-refractivity contribution in [3.63, 3.8) is 0 Å². The predicted octanol–water partition coefficient (Wildman–Crippen LogP) is 1.71. The Morgan fingerprint density at radius 3 is 3.00 bits per heavy atom. The minimum Gasteiger partial charge on any atom is -0.482 e. The van der Waals surface area contributed by atoms with E-state index in [1.54, 1.807) is 6.92 Å². The van der Waals surface area contributed by atoms with Crippen LogP contribution in [0.15, 0.2) is 18.2 Å². The number of benzene rings is 1. The normalized spacial score (nSPS) is 17.7. The van der Waals surface area contributed by atoms with Gasteiger partial charge in [-0.05, 0) is 56.5 Å². The number of hydrogen-bond donors (Lipinski definition) is 1. The molecule has 1 aromatic rings. The number of aryl methyl sites for hydroxylation is 1. The maximum absolute atomic E-state index is 11.2. The average Bonchev–Trinajstić information content (AvgIpc) is 2.44. The number of carbonyl (C=O) groups is 1. The van der Waals surface area contributed by atoms with Crippen molar-refractivity contribution in [1.29, 1.82) is 0 Å². The Morgan fingerprint density at radius 1 is 1.42 bits per heavy atom. The lowest BCUT2D eigenvalue weighted by Crippen LogP contribution is -2.31. The smallest absolute Gasteiger partial charge is 0.344 e. The Hall–Kier alpha value is -1.55. The number of ether oxygens (including phenoxy) is 2. The van der Waals surface area contributed by atoms with Crippen molar-refractivity contribution in [3.8, 4) is 5.75 Å². The van der Waals surface area contributed by atoms with Gasteiger partial charge in [-0.15, -0.1) is 0 Å². The largest absolute Gasteiger partial charge is 0.482 e. The van der Waals surface area contributed by atoms with Crippen molar-refractivity contribution in [2.24, 2.45) is 0 Å². The Bertz CT molecular complexity index is 445. The summed E-state index contributed by atoms with van der Waals surface area (Å²) in [4.78, 5) is 11.2. The summed E-state index contributed by atoms with van der Waals surface area (Å²) in [6, 6.07) is 6.60. The highest BCUT2D eigenvalue weighted by atomic mass is 16.6. The van der Waals surface area contributed by atoms with E-state index in [2.05, 4.69) is 11.4 Å². The van der Waals surface area contributed by atoms with Gasteiger partial charge in [0.15, 0.2) is 6.61 Å². The fourth-order valence-corrected chi connectivity index (χ4v) is 2.41. The highest BCUT2D eigenvalue weighted by Gasteiger charge is 2.17. The Morgan fingerprint density at radius 2 is 2.26 bits per heavy atom. The summed E-state index contributed by atoms with van der Waals surface area (Å²) >= 11 is 0. The van der Waals surface area contributed by atoms with Crippen LogP contribution in [0.25, 0.3) is 0 Å². The summed E-state index contributed by atoms with van der Waals surface area (Å²) in [5.74, 6) is 0.414. The molecule has 0 aromatic heterocycles. The maximum Gasteiger partial charge on any atom is 0.344 e. The zero-order valence-corrected chi connectivity index (χ0v) is 11.6. The molecule has 0 bridgehead atoms. The van der Waals surface area contributed by atoms with Crippen LogP contribution in [0, 0.1) is 0 Å². The molecule has 0 heterocycles. The van der Waals surface area contributed by atoms with E-state index in [1.807, 2.05) is 19.2 Å². The number of carbonyl (C=O) groups excluding carboxylic acids is 1. The summed E-state index contributed by atoms with van der Waals surface area (Å²) in [7, 11) is 2.00. The molecule has 4 nitrogen and oxygen atoms in total. The third-order valence-electron chi connectivity index (χ3n) is 3.48. The predicted molar refractivity (Wildman–Crippen MR) is 73.4 cm³/mol. The lowest BCUT2D eigenvalue weighted by Gasteiger charge is -2.24. The number of esters is 1. The topological polar surface area (TPSA) is 47.6 Å². The van der Waals surface area contributed by atoms with Crippen LogP contribution >= 0.6 is 0 Å². The molecule has 104 valence electrons. The molecule has 0 radical (unpaired) electrons. The van der Waals surface area contributed by atoms with Gasteiger partial charge in [0.1, 0.15) is 5.75 Å². The molecular formula is C15H21NO3. The van der Waals surface area contributed by atoms with Crippen molar-refractivity contribution < 1.29 is 14.3 Å². The summed E-state index contributed by atoms with van der Waals surface area (Å²) in [6.45, 7) is 2.15. The quantitative estimate of drug-likeness (QED) is 0.822. The van der Waals surface area contributed by atoms with Crippen molar-refractivity contribution in [3.05, 3.63) is 29.3 Å². The molecule has 1 N–H and O–H groups in total. The van der Waals surface area contributed by atoms with Crippen LogP contribution in [0.3, 0.4) is 0 Å².